The fraction of sp³-hybridized carbons (Fsp3) is 0.636. The predicted octanol–water partition coefficient (Wildman–Crippen LogP) is 2.10. The Balaban J connectivity index is 4.16. The lowest BCUT2D eigenvalue weighted by atomic mass is 10.2. The third-order valence-corrected chi connectivity index (χ3v) is 1.93. The van der Waals surface area contributed by atoms with Gasteiger partial charge in [0, 0.05) is 18.7 Å². The highest BCUT2D eigenvalue weighted by Crippen LogP contribution is 2.02. The number of hydrogen-bond donors (Lipinski definition) is 0. The Kier molecular flexibility index (Phi) is 6.47. The molecule has 0 unspecified atom stereocenters. The van der Waals surface area contributed by atoms with E-state index in [1.54, 1.807) is 11.8 Å². The van der Waals surface area contributed by atoms with Gasteiger partial charge in [0.05, 0.1) is 12.5 Å². The van der Waals surface area contributed by atoms with Crippen molar-refractivity contribution in [2.24, 2.45) is 0 Å². The molecule has 0 radical (unpaired) electrons. The minimum Gasteiger partial charge on any atom is -0.338 e. The molecule has 14 heavy (non-hydrogen) atoms. The Bertz CT molecular complexity index is 240. The maximum atomic E-state index is 11.6. The van der Waals surface area contributed by atoms with Crippen LogP contribution in [-0.4, -0.2) is 23.9 Å². The lowest BCUT2D eigenvalue weighted by molar-refractivity contribution is -0.127. The molecule has 0 N–H and O–H groups in total. The molecule has 0 aliphatic carbocycles. The van der Waals surface area contributed by atoms with Crippen LogP contribution in [-0.2, 0) is 4.79 Å². The highest BCUT2D eigenvalue weighted by molar-refractivity contribution is 5.92. The van der Waals surface area contributed by atoms with Gasteiger partial charge in [0.2, 0.25) is 5.91 Å². The number of carbonyl (C=O) groups is 1. The molecule has 0 atom stereocenters. The first-order chi connectivity index (χ1) is 6.63. The molecule has 0 bridgehead atoms. The summed E-state index contributed by atoms with van der Waals surface area (Å²) in [6, 6.07) is 2.04. The van der Waals surface area contributed by atoms with Crippen LogP contribution in [0.25, 0.3) is 0 Å². The standard InChI is InChI=1S/C11H18N2O/c1-4-5-8-13(9-6-7-12)11(14)10(2)3/h2,4-6,8-9H2,1,3H3. The highest BCUT2D eigenvalue weighted by atomic mass is 16.2. The third kappa shape index (κ3) is 4.66. The molecule has 1 amide bonds. The van der Waals surface area contributed by atoms with E-state index >= 15 is 0 Å². The molecule has 0 aromatic carbocycles. The number of amides is 1. The number of unbranched alkanes of at least 4 members (excludes halogenated alkanes) is 1. The van der Waals surface area contributed by atoms with Gasteiger partial charge in [-0.2, -0.15) is 5.26 Å². The second-order valence-electron chi connectivity index (χ2n) is 3.33. The number of rotatable bonds is 6. The average Bonchev–Trinajstić information content (AvgIpc) is 2.17. The smallest absolute Gasteiger partial charge is 0.248 e. The second-order valence-corrected chi connectivity index (χ2v) is 3.33. The summed E-state index contributed by atoms with van der Waals surface area (Å²) < 4.78 is 0. The molecule has 78 valence electrons. The SMILES string of the molecule is C=C(C)C(=O)N(CCC#N)CCCC. The van der Waals surface area contributed by atoms with E-state index in [1.165, 1.54) is 0 Å². The Hall–Kier alpha value is -1.30. The van der Waals surface area contributed by atoms with Gasteiger partial charge >= 0.3 is 0 Å². The normalized spacial score (nSPS) is 9.21. The molecule has 0 aromatic heterocycles. The summed E-state index contributed by atoms with van der Waals surface area (Å²) in [6.07, 6.45) is 2.42. The lowest BCUT2D eigenvalue weighted by Crippen LogP contribution is -2.33. The fourth-order valence-electron chi connectivity index (χ4n) is 1.12. The van der Waals surface area contributed by atoms with E-state index in [0.717, 1.165) is 19.4 Å². The first-order valence-corrected chi connectivity index (χ1v) is 4.95. The van der Waals surface area contributed by atoms with E-state index in [-0.39, 0.29) is 5.91 Å². The van der Waals surface area contributed by atoms with Crippen LogP contribution in [0.3, 0.4) is 0 Å². The molecule has 0 heterocycles. The summed E-state index contributed by atoms with van der Waals surface area (Å²) in [4.78, 5) is 13.3. The van der Waals surface area contributed by atoms with Crippen molar-refractivity contribution in [3.05, 3.63) is 12.2 Å². The maximum absolute atomic E-state index is 11.6. The van der Waals surface area contributed by atoms with Crippen LogP contribution in [0.2, 0.25) is 0 Å². The number of nitrogens with zero attached hydrogens (tertiary/aromatic N) is 2. The van der Waals surface area contributed by atoms with Gasteiger partial charge in [0.25, 0.3) is 0 Å². The van der Waals surface area contributed by atoms with E-state index in [4.69, 9.17) is 5.26 Å². The van der Waals surface area contributed by atoms with Crippen LogP contribution in [0, 0.1) is 11.3 Å². The van der Waals surface area contributed by atoms with Crippen LogP contribution in [0.15, 0.2) is 12.2 Å². The quantitative estimate of drug-likeness (QED) is 0.608. The van der Waals surface area contributed by atoms with Crippen LogP contribution in [0.5, 0.6) is 0 Å². The predicted molar refractivity (Wildman–Crippen MR) is 56.5 cm³/mol. The highest BCUT2D eigenvalue weighted by Gasteiger charge is 2.12. The first-order valence-electron chi connectivity index (χ1n) is 4.95. The largest absolute Gasteiger partial charge is 0.338 e. The Morgan fingerprint density at radius 3 is 2.57 bits per heavy atom. The molecular weight excluding hydrogens is 176 g/mol. The molecule has 0 aliphatic heterocycles. The van der Waals surface area contributed by atoms with E-state index in [0.29, 0.717) is 18.5 Å². The molecule has 0 spiro atoms. The first kappa shape index (κ1) is 12.7. The van der Waals surface area contributed by atoms with Crippen molar-refractivity contribution >= 4 is 5.91 Å². The van der Waals surface area contributed by atoms with Gasteiger partial charge in [-0.3, -0.25) is 4.79 Å². The van der Waals surface area contributed by atoms with Gasteiger partial charge in [-0.1, -0.05) is 19.9 Å². The van der Waals surface area contributed by atoms with Crippen molar-refractivity contribution in [2.75, 3.05) is 13.1 Å². The fourth-order valence-corrected chi connectivity index (χ4v) is 1.12. The second kappa shape index (κ2) is 7.14. The van der Waals surface area contributed by atoms with Crippen molar-refractivity contribution in [1.82, 2.24) is 4.90 Å². The van der Waals surface area contributed by atoms with Crippen LogP contribution in [0.1, 0.15) is 33.1 Å². The molecule has 0 fully saturated rings. The molecule has 0 saturated heterocycles. The topological polar surface area (TPSA) is 44.1 Å². The summed E-state index contributed by atoms with van der Waals surface area (Å²) in [5.74, 6) is -0.0336. The minimum atomic E-state index is -0.0336. The summed E-state index contributed by atoms with van der Waals surface area (Å²) >= 11 is 0. The Labute approximate surface area is 86.0 Å². The van der Waals surface area contributed by atoms with Crippen LogP contribution in [0.4, 0.5) is 0 Å². The number of hydrogen-bond acceptors (Lipinski definition) is 2. The number of nitriles is 1. The maximum Gasteiger partial charge on any atom is 0.248 e. The van der Waals surface area contributed by atoms with Gasteiger partial charge in [0.1, 0.15) is 0 Å². The average molecular weight is 194 g/mol. The van der Waals surface area contributed by atoms with Crippen molar-refractivity contribution in [1.29, 1.82) is 5.26 Å². The summed E-state index contributed by atoms with van der Waals surface area (Å²) in [6.45, 7) is 8.64. The van der Waals surface area contributed by atoms with Crippen molar-refractivity contribution in [3.8, 4) is 6.07 Å². The molecule has 0 saturated carbocycles. The van der Waals surface area contributed by atoms with E-state index in [2.05, 4.69) is 13.5 Å². The molecule has 3 nitrogen and oxygen atoms in total. The zero-order valence-corrected chi connectivity index (χ0v) is 9.05. The molecule has 0 aromatic rings. The van der Waals surface area contributed by atoms with Crippen molar-refractivity contribution in [2.45, 2.75) is 33.1 Å². The van der Waals surface area contributed by atoms with Gasteiger partial charge < -0.3 is 4.90 Å². The van der Waals surface area contributed by atoms with Crippen molar-refractivity contribution in [3.63, 3.8) is 0 Å². The van der Waals surface area contributed by atoms with Gasteiger partial charge in [-0.15, -0.1) is 0 Å². The van der Waals surface area contributed by atoms with Gasteiger partial charge in [0.15, 0.2) is 0 Å². The van der Waals surface area contributed by atoms with E-state index in [9.17, 15) is 4.79 Å². The van der Waals surface area contributed by atoms with E-state index in [1.807, 2.05) is 6.07 Å². The Morgan fingerprint density at radius 1 is 1.50 bits per heavy atom. The summed E-state index contributed by atoms with van der Waals surface area (Å²) in [5, 5.41) is 8.45. The van der Waals surface area contributed by atoms with E-state index < -0.39 is 0 Å². The summed E-state index contributed by atoms with van der Waals surface area (Å²) in [7, 11) is 0. The third-order valence-electron chi connectivity index (χ3n) is 1.93. The lowest BCUT2D eigenvalue weighted by Gasteiger charge is -2.21. The zero-order valence-electron chi connectivity index (χ0n) is 9.05. The minimum absolute atomic E-state index is 0.0336. The monoisotopic (exact) mass is 194 g/mol. The van der Waals surface area contributed by atoms with Crippen molar-refractivity contribution < 1.29 is 4.79 Å². The Morgan fingerprint density at radius 2 is 2.14 bits per heavy atom. The van der Waals surface area contributed by atoms with Gasteiger partial charge in [-0.05, 0) is 13.3 Å². The molecule has 0 aliphatic rings. The summed E-state index contributed by atoms with van der Waals surface area (Å²) in [5.41, 5.74) is 0.541. The zero-order chi connectivity index (χ0) is 11.0. The molecule has 3 heteroatoms. The molecule has 0 rings (SSSR count). The van der Waals surface area contributed by atoms with Crippen LogP contribution >= 0.6 is 0 Å². The number of carbonyl (C=O) groups excluding carboxylic acids is 1. The van der Waals surface area contributed by atoms with Gasteiger partial charge in [-0.25, -0.2) is 0 Å². The molecular formula is C11H18N2O. The van der Waals surface area contributed by atoms with Crippen LogP contribution < -0.4 is 0 Å².